The predicted molar refractivity (Wildman–Crippen MR) is 79.2 cm³/mol. The van der Waals surface area contributed by atoms with E-state index in [1.807, 2.05) is 12.1 Å². The zero-order valence-corrected chi connectivity index (χ0v) is 12.6. The fourth-order valence-corrected chi connectivity index (χ4v) is 4.03. The maximum Gasteiger partial charge on any atom is 0.0406 e. The molecule has 100 valence electrons. The second kappa shape index (κ2) is 5.22. The fraction of sp³-hybridized carbons (Fsp3) is 0.625. The number of halogens is 1. The molecular weight excluding hydrogens is 242 g/mol. The Bertz CT molecular complexity index is 400. The second-order valence-electron chi connectivity index (χ2n) is 5.78. The predicted octanol–water partition coefficient (Wildman–Crippen LogP) is 4.47. The molecule has 2 rings (SSSR count). The Kier molecular flexibility index (Phi) is 4.03. The van der Waals surface area contributed by atoms with Crippen LogP contribution < -0.4 is 5.32 Å². The summed E-state index contributed by atoms with van der Waals surface area (Å²) >= 11 is 5.98. The molecule has 0 heterocycles. The lowest BCUT2D eigenvalue weighted by Gasteiger charge is -2.60. The Balaban J connectivity index is 2.25. The first-order valence-electron chi connectivity index (χ1n) is 7.03. The van der Waals surface area contributed by atoms with Gasteiger partial charge in [0, 0.05) is 11.1 Å². The van der Waals surface area contributed by atoms with E-state index >= 15 is 0 Å². The summed E-state index contributed by atoms with van der Waals surface area (Å²) < 4.78 is 0. The lowest BCUT2D eigenvalue weighted by atomic mass is 9.48. The molecule has 0 bridgehead atoms. The van der Waals surface area contributed by atoms with Crippen LogP contribution in [0.1, 0.15) is 45.6 Å². The monoisotopic (exact) mass is 265 g/mol. The molecule has 1 aromatic carbocycles. The first-order valence-corrected chi connectivity index (χ1v) is 7.41. The molecule has 18 heavy (non-hydrogen) atoms. The molecule has 1 aromatic rings. The quantitative estimate of drug-likeness (QED) is 0.847. The van der Waals surface area contributed by atoms with Gasteiger partial charge in [-0.3, -0.25) is 0 Å². The summed E-state index contributed by atoms with van der Waals surface area (Å²) in [6.07, 6.45) is 1.21. The molecule has 4 unspecified atom stereocenters. The Morgan fingerprint density at radius 1 is 1.22 bits per heavy atom. The van der Waals surface area contributed by atoms with Gasteiger partial charge < -0.3 is 5.32 Å². The van der Waals surface area contributed by atoms with Gasteiger partial charge in [0.15, 0.2) is 0 Å². The zero-order valence-electron chi connectivity index (χ0n) is 11.8. The molecule has 1 nitrogen and oxygen atoms in total. The van der Waals surface area contributed by atoms with Crippen molar-refractivity contribution in [1.29, 1.82) is 0 Å². The van der Waals surface area contributed by atoms with Crippen molar-refractivity contribution in [2.45, 2.75) is 46.1 Å². The highest BCUT2D eigenvalue weighted by atomic mass is 35.5. The van der Waals surface area contributed by atoms with E-state index in [0.29, 0.717) is 23.3 Å². The van der Waals surface area contributed by atoms with Crippen LogP contribution in [0.2, 0.25) is 5.02 Å². The molecule has 1 saturated carbocycles. The van der Waals surface area contributed by atoms with E-state index in [1.54, 1.807) is 0 Å². The summed E-state index contributed by atoms with van der Waals surface area (Å²) in [6.45, 7) is 10.3. The van der Waals surface area contributed by atoms with Crippen LogP contribution in [0.3, 0.4) is 0 Å². The Hall–Kier alpha value is -0.530. The van der Waals surface area contributed by atoms with E-state index in [2.05, 4.69) is 45.1 Å². The van der Waals surface area contributed by atoms with Crippen molar-refractivity contribution in [3.8, 4) is 0 Å². The van der Waals surface area contributed by atoms with Gasteiger partial charge >= 0.3 is 0 Å². The molecule has 1 aliphatic rings. The van der Waals surface area contributed by atoms with E-state index in [1.165, 1.54) is 12.0 Å². The van der Waals surface area contributed by atoms with Crippen molar-refractivity contribution >= 4 is 11.6 Å². The van der Waals surface area contributed by atoms with Gasteiger partial charge in [0.2, 0.25) is 0 Å². The molecule has 0 amide bonds. The molecular formula is C16H24ClN. The van der Waals surface area contributed by atoms with E-state index < -0.39 is 0 Å². The van der Waals surface area contributed by atoms with Gasteiger partial charge in [-0.15, -0.1) is 0 Å². The summed E-state index contributed by atoms with van der Waals surface area (Å²) in [4.78, 5) is 0. The SMILES string of the molecule is CCNC1C(C)C(c2ccc(Cl)cc2)C1(C)CC. The minimum Gasteiger partial charge on any atom is -0.313 e. The van der Waals surface area contributed by atoms with E-state index in [-0.39, 0.29) is 0 Å². The maximum absolute atomic E-state index is 5.98. The number of rotatable bonds is 4. The molecule has 1 fully saturated rings. The van der Waals surface area contributed by atoms with Crippen LogP contribution in [0.25, 0.3) is 0 Å². The summed E-state index contributed by atoms with van der Waals surface area (Å²) in [5.74, 6) is 1.33. The molecule has 2 heteroatoms. The Morgan fingerprint density at radius 2 is 1.83 bits per heavy atom. The summed E-state index contributed by atoms with van der Waals surface area (Å²) in [5, 5.41) is 4.48. The molecule has 4 atom stereocenters. The molecule has 1 aliphatic carbocycles. The normalized spacial score (nSPS) is 35.3. The lowest BCUT2D eigenvalue weighted by Crippen LogP contribution is -2.62. The van der Waals surface area contributed by atoms with Crippen LogP contribution in [-0.2, 0) is 0 Å². The van der Waals surface area contributed by atoms with Gasteiger partial charge in [-0.05, 0) is 47.9 Å². The van der Waals surface area contributed by atoms with Crippen LogP contribution in [0.4, 0.5) is 0 Å². The smallest absolute Gasteiger partial charge is 0.0406 e. The summed E-state index contributed by atoms with van der Waals surface area (Å²) in [6, 6.07) is 9.05. The average Bonchev–Trinajstić information content (AvgIpc) is 2.38. The van der Waals surface area contributed by atoms with Crippen LogP contribution in [-0.4, -0.2) is 12.6 Å². The number of nitrogens with one attached hydrogen (secondary N) is 1. The standard InChI is InChI=1S/C16H24ClN/c1-5-16(4)14(11(3)15(16)18-6-2)12-7-9-13(17)10-8-12/h7-11,14-15,18H,5-6H2,1-4H3. The van der Waals surface area contributed by atoms with Gasteiger partial charge in [0.25, 0.3) is 0 Å². The molecule has 0 aromatic heterocycles. The van der Waals surface area contributed by atoms with E-state index in [9.17, 15) is 0 Å². The van der Waals surface area contributed by atoms with E-state index in [4.69, 9.17) is 11.6 Å². The first kappa shape index (κ1) is 13.9. The second-order valence-corrected chi connectivity index (χ2v) is 6.22. The van der Waals surface area contributed by atoms with Gasteiger partial charge in [-0.25, -0.2) is 0 Å². The van der Waals surface area contributed by atoms with Gasteiger partial charge in [0.05, 0.1) is 0 Å². The van der Waals surface area contributed by atoms with Crippen molar-refractivity contribution in [1.82, 2.24) is 5.32 Å². The lowest BCUT2D eigenvalue weighted by molar-refractivity contribution is -0.0187. The molecule has 0 saturated heterocycles. The zero-order chi connectivity index (χ0) is 13.3. The molecule has 0 spiro atoms. The summed E-state index contributed by atoms with van der Waals surface area (Å²) in [7, 11) is 0. The van der Waals surface area contributed by atoms with Crippen molar-refractivity contribution in [2.24, 2.45) is 11.3 Å². The Morgan fingerprint density at radius 3 is 2.33 bits per heavy atom. The molecule has 0 aliphatic heterocycles. The summed E-state index contributed by atoms with van der Waals surface area (Å²) in [5.41, 5.74) is 1.80. The van der Waals surface area contributed by atoms with E-state index in [0.717, 1.165) is 11.6 Å². The Labute approximate surface area is 116 Å². The van der Waals surface area contributed by atoms with Crippen LogP contribution in [0.15, 0.2) is 24.3 Å². The topological polar surface area (TPSA) is 12.0 Å². The minimum absolute atomic E-state index is 0.364. The van der Waals surface area contributed by atoms with Crippen LogP contribution >= 0.6 is 11.6 Å². The van der Waals surface area contributed by atoms with Crippen LogP contribution in [0, 0.1) is 11.3 Å². The minimum atomic E-state index is 0.364. The molecule has 0 radical (unpaired) electrons. The fourth-order valence-electron chi connectivity index (χ4n) is 3.90. The number of hydrogen-bond acceptors (Lipinski definition) is 1. The van der Waals surface area contributed by atoms with Crippen molar-refractivity contribution in [3.05, 3.63) is 34.9 Å². The highest BCUT2D eigenvalue weighted by Gasteiger charge is 2.55. The number of hydrogen-bond donors (Lipinski definition) is 1. The highest BCUT2D eigenvalue weighted by molar-refractivity contribution is 6.30. The van der Waals surface area contributed by atoms with Crippen molar-refractivity contribution in [3.63, 3.8) is 0 Å². The van der Waals surface area contributed by atoms with Crippen LogP contribution in [0.5, 0.6) is 0 Å². The maximum atomic E-state index is 5.98. The van der Waals surface area contributed by atoms with Gasteiger partial charge in [-0.2, -0.15) is 0 Å². The third-order valence-electron chi connectivity index (χ3n) is 4.89. The van der Waals surface area contributed by atoms with Gasteiger partial charge in [-0.1, -0.05) is 51.4 Å². The highest BCUT2D eigenvalue weighted by Crippen LogP contribution is 2.58. The largest absolute Gasteiger partial charge is 0.313 e. The molecule has 1 N–H and O–H groups in total. The first-order chi connectivity index (χ1) is 8.54. The average molecular weight is 266 g/mol. The third-order valence-corrected chi connectivity index (χ3v) is 5.14. The third kappa shape index (κ3) is 2.08. The van der Waals surface area contributed by atoms with Gasteiger partial charge in [0.1, 0.15) is 0 Å². The number of benzene rings is 1. The van der Waals surface area contributed by atoms with Crippen molar-refractivity contribution < 1.29 is 0 Å². The van der Waals surface area contributed by atoms with Crippen molar-refractivity contribution in [2.75, 3.05) is 6.54 Å².